The van der Waals surface area contributed by atoms with Crippen molar-refractivity contribution in [1.82, 2.24) is 12.3 Å². The molecule has 0 amide bonds. The monoisotopic (exact) mass is 132 g/mol. The summed E-state index contributed by atoms with van der Waals surface area (Å²) in [5, 5.41) is 0. The molecule has 0 unspecified atom stereocenters. The Morgan fingerprint density at radius 3 is 1.17 bits per heavy atom. The molecule has 0 rings (SSSR count). The second-order valence-corrected chi connectivity index (χ2v) is 1.03. The molecule has 0 saturated heterocycles. The second-order valence-electron chi connectivity index (χ2n) is 0.250. The van der Waals surface area contributed by atoms with Crippen molar-refractivity contribution in [2.75, 3.05) is 0 Å². The van der Waals surface area contributed by atoms with Gasteiger partial charge in [0.15, 0.2) is 0 Å². The van der Waals surface area contributed by atoms with Gasteiger partial charge in [0.2, 0.25) is 0 Å². The summed E-state index contributed by atoms with van der Waals surface area (Å²) in [6.07, 6.45) is 0. The van der Waals surface area contributed by atoms with Crippen LogP contribution in [0.15, 0.2) is 0 Å². The van der Waals surface area contributed by atoms with Crippen LogP contribution < -0.4 is 19.7 Å². The van der Waals surface area contributed by atoms with Crippen molar-refractivity contribution >= 4 is 0 Å². The maximum atomic E-state index is 8.58. The Balaban J connectivity index is -0.0000000450. The third-order valence-corrected chi connectivity index (χ3v) is 0. The van der Waals surface area contributed by atoms with Gasteiger partial charge < -0.3 is 12.3 Å². The maximum absolute atomic E-state index is 8.58. The van der Waals surface area contributed by atoms with E-state index in [-0.39, 0.29) is 12.3 Å². The molecule has 0 aliphatic heterocycles. The molecule has 0 aromatic carbocycles. The molecule has 0 aromatic heterocycles. The molecule has 0 bridgehead atoms. The summed E-state index contributed by atoms with van der Waals surface area (Å²) in [6, 6.07) is 0. The Morgan fingerprint density at radius 2 is 1.17 bits per heavy atom. The zero-order valence-corrected chi connectivity index (χ0v) is 5.29. The third kappa shape index (κ3) is 390. The molecule has 6 heavy (non-hydrogen) atoms. The first-order valence-electron chi connectivity index (χ1n) is 0.612. The van der Waals surface area contributed by atoms with Crippen LogP contribution in [0.25, 0.3) is 0 Å². The topological polar surface area (TPSA) is 136 Å². The van der Waals surface area contributed by atoms with E-state index in [9.17, 15) is 0 Å². The number of quaternary nitrogens is 2. The average molecular weight is 132 g/mol. The zero-order valence-electron chi connectivity index (χ0n) is 3.72. The van der Waals surface area contributed by atoms with Crippen LogP contribution in [0.4, 0.5) is 0 Å². The van der Waals surface area contributed by atoms with Crippen LogP contribution in [0.5, 0.6) is 0 Å². The van der Waals surface area contributed by atoms with Gasteiger partial charge in [-0.25, -0.2) is 0 Å². The number of hydrogen-bond donors (Lipinski definition) is 2. The van der Waals surface area contributed by atoms with Gasteiger partial charge in [0.1, 0.15) is 0 Å². The molecule has 5 nitrogen and oxygen atoms in total. The molecule has 8 N–H and O–H groups in total. The Bertz CT molecular complexity index is 31.8. The fourth-order valence-electron chi connectivity index (χ4n) is 0. The van der Waals surface area contributed by atoms with Crippen LogP contribution in [0.1, 0.15) is 0 Å². The molecule has 0 heterocycles. The summed E-state index contributed by atoms with van der Waals surface area (Å²) in [7, 11) is 0. The fraction of sp³-hybridized carbons (Fsp3) is 0. The molecule has 6 heteroatoms. The van der Waals surface area contributed by atoms with Gasteiger partial charge in [-0.15, -0.1) is 0 Å². The molecule has 0 aromatic rings. The van der Waals surface area contributed by atoms with Gasteiger partial charge in [0, 0.05) is 0 Å². The van der Waals surface area contributed by atoms with Crippen LogP contribution in [0, 0.1) is 0 Å². The summed E-state index contributed by atoms with van der Waals surface area (Å²) in [5.41, 5.74) is 0. The third-order valence-electron chi connectivity index (χ3n) is 0. The Morgan fingerprint density at radius 1 is 1.17 bits per heavy atom. The molecular weight excluding hydrogens is 124 g/mol. The van der Waals surface area contributed by atoms with Crippen molar-refractivity contribution in [2.24, 2.45) is 0 Å². The van der Waals surface area contributed by atoms with Crippen molar-refractivity contribution in [2.45, 2.75) is 0 Å². The van der Waals surface area contributed by atoms with Crippen LogP contribution in [0.3, 0.4) is 0 Å². The standard InChI is InChI=1S/2H3N.3O.Ti/h2*1H3;;;;/q;;;2*-1;/p+2. The Labute approximate surface area is 42.3 Å². The molecule has 0 fully saturated rings. The van der Waals surface area contributed by atoms with Crippen LogP contribution >= 0.6 is 0 Å². The van der Waals surface area contributed by atoms with Crippen molar-refractivity contribution < 1.29 is 29.3 Å². The molecule has 0 atom stereocenters. The molecule has 40 valence electrons. The SMILES string of the molecule is [NH4+].[NH4+].[O]=[Ti]([O-])[O-]. The average Bonchev–Trinajstić information content (AvgIpc) is 0.811. The molecule has 0 radical (unpaired) electrons. The minimum absolute atomic E-state index is 0. The van der Waals surface area contributed by atoms with Crippen LogP contribution in [0.2, 0.25) is 0 Å². The summed E-state index contributed by atoms with van der Waals surface area (Å²) in [6.45, 7) is 0. The van der Waals surface area contributed by atoms with Gasteiger partial charge >= 0.3 is 29.3 Å². The quantitative estimate of drug-likeness (QED) is 0.378. The Kier molecular flexibility index (Phi) is 24.3. The van der Waals surface area contributed by atoms with E-state index in [0.717, 1.165) is 0 Å². The predicted octanol–water partition coefficient (Wildman–Crippen LogP) is -1.75. The van der Waals surface area contributed by atoms with E-state index in [0.29, 0.717) is 0 Å². The number of rotatable bonds is 0. The molecule has 0 spiro atoms. The van der Waals surface area contributed by atoms with Crippen LogP contribution in [-0.2, 0) is 21.9 Å². The second kappa shape index (κ2) is 9.02. The van der Waals surface area contributed by atoms with Gasteiger partial charge in [-0.1, -0.05) is 0 Å². The molecule has 0 aliphatic rings. The van der Waals surface area contributed by atoms with Gasteiger partial charge in [0.05, 0.1) is 0 Å². The number of hydrogen-bond acceptors (Lipinski definition) is 3. The van der Waals surface area contributed by atoms with Crippen molar-refractivity contribution in [3.63, 3.8) is 0 Å². The first-order valence-corrected chi connectivity index (χ1v) is 2.52. The zero-order chi connectivity index (χ0) is 3.58. The van der Waals surface area contributed by atoms with E-state index in [1.165, 1.54) is 0 Å². The van der Waals surface area contributed by atoms with E-state index in [1.807, 2.05) is 0 Å². The van der Waals surface area contributed by atoms with E-state index >= 15 is 0 Å². The van der Waals surface area contributed by atoms with Gasteiger partial charge in [-0.05, 0) is 0 Å². The van der Waals surface area contributed by atoms with Gasteiger partial charge in [-0.3, -0.25) is 0 Å². The van der Waals surface area contributed by atoms with Crippen molar-refractivity contribution in [3.8, 4) is 0 Å². The minimum atomic E-state index is -4.08. The van der Waals surface area contributed by atoms with E-state index in [1.54, 1.807) is 0 Å². The first kappa shape index (κ1) is 16.2. The van der Waals surface area contributed by atoms with E-state index in [4.69, 9.17) is 10.7 Å². The van der Waals surface area contributed by atoms with Gasteiger partial charge in [-0.2, -0.15) is 0 Å². The summed E-state index contributed by atoms with van der Waals surface area (Å²) >= 11 is -4.08. The molecule has 0 aliphatic carbocycles. The van der Waals surface area contributed by atoms with E-state index < -0.39 is 18.6 Å². The summed E-state index contributed by atoms with van der Waals surface area (Å²) in [5.74, 6) is 0. The van der Waals surface area contributed by atoms with Crippen molar-refractivity contribution in [3.05, 3.63) is 0 Å². The predicted molar refractivity (Wildman–Crippen MR) is 12.7 cm³/mol. The van der Waals surface area contributed by atoms with Crippen LogP contribution in [-0.4, -0.2) is 0 Å². The molecule has 0 saturated carbocycles. The first-order chi connectivity index (χ1) is 1.73. The van der Waals surface area contributed by atoms with Crippen molar-refractivity contribution in [1.29, 1.82) is 0 Å². The Hall–Kier alpha value is 0.354. The summed E-state index contributed by atoms with van der Waals surface area (Å²) < 4.78 is 25.8. The molecular formula is H8N2O3Ti. The van der Waals surface area contributed by atoms with Gasteiger partial charge in [0.25, 0.3) is 0 Å². The normalized spacial score (nSPS) is 4.33. The summed E-state index contributed by atoms with van der Waals surface area (Å²) in [4.78, 5) is 0. The van der Waals surface area contributed by atoms with E-state index in [2.05, 4.69) is 0 Å². The fourth-order valence-corrected chi connectivity index (χ4v) is 0.